The van der Waals surface area contributed by atoms with Gasteiger partial charge in [-0.2, -0.15) is 0 Å². The molecule has 3 atom stereocenters. The Bertz CT molecular complexity index is 1250. The van der Waals surface area contributed by atoms with Crippen LogP contribution in [0.15, 0.2) is 66.7 Å². The number of nitrogens with zero attached hydrogens (tertiary/aromatic N) is 2. The number of hydrogen-bond acceptors (Lipinski definition) is 5. The molecule has 0 radical (unpaired) electrons. The van der Waals surface area contributed by atoms with Gasteiger partial charge in [0, 0.05) is 32.7 Å². The number of nitrogens with one attached hydrogen (secondary N) is 1. The fraction of sp³-hybridized carbons (Fsp3) is 0.345. The van der Waals surface area contributed by atoms with Crippen LogP contribution in [0.3, 0.4) is 0 Å². The summed E-state index contributed by atoms with van der Waals surface area (Å²) in [6.07, 6.45) is 0.0331. The third-order valence-electron chi connectivity index (χ3n) is 7.36. The van der Waals surface area contributed by atoms with Crippen molar-refractivity contribution in [3.05, 3.63) is 93.1 Å². The Kier molecular flexibility index (Phi) is 8.53. The maximum atomic E-state index is 13.7. The van der Waals surface area contributed by atoms with E-state index in [2.05, 4.69) is 41.3 Å². The number of carbonyl (C=O) groups is 1. The molecule has 3 aromatic carbocycles. The van der Waals surface area contributed by atoms with Crippen LogP contribution < -0.4 is 9.80 Å². The Morgan fingerprint density at radius 2 is 1.71 bits per heavy atom. The van der Waals surface area contributed by atoms with E-state index >= 15 is 0 Å². The SMILES string of the molecule is CN(C(=O)CC1c2cc(Cl)c(Cl)cc2OC[NH+]1[O-])C(CN1CCOCC1)c1ccc(-c2ccccc2)cc1. The highest BCUT2D eigenvalue weighted by Gasteiger charge is 2.34. The van der Waals surface area contributed by atoms with Gasteiger partial charge in [0.15, 0.2) is 0 Å². The van der Waals surface area contributed by atoms with Crippen molar-refractivity contribution >= 4 is 29.1 Å². The smallest absolute Gasteiger partial charge is 0.229 e. The molecule has 0 aliphatic carbocycles. The van der Waals surface area contributed by atoms with E-state index in [-0.39, 0.29) is 30.2 Å². The molecule has 0 aromatic heterocycles. The van der Waals surface area contributed by atoms with Crippen LogP contribution in [0.5, 0.6) is 5.75 Å². The highest BCUT2D eigenvalue weighted by molar-refractivity contribution is 6.42. The minimum Gasteiger partial charge on any atom is -0.631 e. The summed E-state index contributed by atoms with van der Waals surface area (Å²) in [6.45, 7) is 3.56. The summed E-state index contributed by atoms with van der Waals surface area (Å²) >= 11 is 12.4. The average Bonchev–Trinajstić information content (AvgIpc) is 2.95. The lowest BCUT2D eigenvalue weighted by Gasteiger charge is -2.39. The lowest BCUT2D eigenvalue weighted by atomic mass is 9.97. The maximum Gasteiger partial charge on any atom is 0.229 e. The van der Waals surface area contributed by atoms with Crippen LogP contribution in [0.4, 0.5) is 0 Å². The van der Waals surface area contributed by atoms with Crippen molar-refractivity contribution in [1.29, 1.82) is 0 Å². The highest BCUT2D eigenvalue weighted by atomic mass is 35.5. The van der Waals surface area contributed by atoms with E-state index in [4.69, 9.17) is 32.7 Å². The predicted molar refractivity (Wildman–Crippen MR) is 148 cm³/mol. The van der Waals surface area contributed by atoms with Gasteiger partial charge in [-0.3, -0.25) is 9.69 Å². The normalized spacial score (nSPS) is 20.3. The first kappa shape index (κ1) is 26.9. The zero-order valence-corrected chi connectivity index (χ0v) is 22.8. The molecule has 1 fully saturated rings. The number of hydrogen-bond donors (Lipinski definition) is 1. The fourth-order valence-corrected chi connectivity index (χ4v) is 5.41. The van der Waals surface area contributed by atoms with Crippen molar-refractivity contribution in [2.75, 3.05) is 46.6 Å². The molecule has 3 aromatic rings. The lowest BCUT2D eigenvalue weighted by Crippen LogP contribution is -3.09. The van der Waals surface area contributed by atoms with Crippen LogP contribution in [-0.4, -0.2) is 62.3 Å². The van der Waals surface area contributed by atoms with Crippen molar-refractivity contribution in [3.8, 4) is 16.9 Å². The van der Waals surface area contributed by atoms with Crippen LogP contribution in [-0.2, 0) is 9.53 Å². The van der Waals surface area contributed by atoms with Gasteiger partial charge in [0.2, 0.25) is 12.6 Å². The minimum absolute atomic E-state index is 0.0331. The number of carbonyl (C=O) groups excluding carboxylic acids is 1. The third kappa shape index (κ3) is 5.99. The number of amides is 1. The lowest BCUT2D eigenvalue weighted by molar-refractivity contribution is -0.901. The summed E-state index contributed by atoms with van der Waals surface area (Å²) in [5.41, 5.74) is 3.91. The van der Waals surface area contributed by atoms with Crippen molar-refractivity contribution in [2.45, 2.75) is 18.5 Å². The quantitative estimate of drug-likeness (QED) is 0.439. The molecule has 1 saturated heterocycles. The Labute approximate surface area is 233 Å². The Morgan fingerprint density at radius 3 is 2.42 bits per heavy atom. The molecule has 9 heteroatoms. The van der Waals surface area contributed by atoms with Crippen LogP contribution >= 0.6 is 23.2 Å². The molecule has 1 N–H and O–H groups in total. The molecule has 1 amide bonds. The molecule has 38 heavy (non-hydrogen) atoms. The van der Waals surface area contributed by atoms with Crippen LogP contribution in [0, 0.1) is 5.21 Å². The molecule has 3 unspecified atom stereocenters. The molecule has 7 nitrogen and oxygen atoms in total. The molecule has 2 heterocycles. The summed E-state index contributed by atoms with van der Waals surface area (Å²) in [7, 11) is 1.82. The zero-order valence-electron chi connectivity index (χ0n) is 21.2. The number of hydroxylamine groups is 2. The summed E-state index contributed by atoms with van der Waals surface area (Å²) < 4.78 is 11.1. The van der Waals surface area contributed by atoms with E-state index < -0.39 is 6.04 Å². The molecule has 0 spiro atoms. The van der Waals surface area contributed by atoms with Gasteiger partial charge in [0.1, 0.15) is 11.8 Å². The van der Waals surface area contributed by atoms with E-state index in [0.717, 1.165) is 29.8 Å². The summed E-state index contributed by atoms with van der Waals surface area (Å²) in [6, 6.07) is 21.0. The van der Waals surface area contributed by atoms with E-state index in [0.29, 0.717) is 41.1 Å². The van der Waals surface area contributed by atoms with Gasteiger partial charge in [-0.15, -0.1) is 0 Å². The van der Waals surface area contributed by atoms with Gasteiger partial charge >= 0.3 is 0 Å². The molecular formula is C29H31Cl2N3O4. The van der Waals surface area contributed by atoms with Crippen molar-refractivity contribution in [1.82, 2.24) is 9.80 Å². The second kappa shape index (κ2) is 12.0. The van der Waals surface area contributed by atoms with Gasteiger partial charge in [-0.25, -0.2) is 0 Å². The zero-order chi connectivity index (χ0) is 26.6. The molecule has 0 saturated carbocycles. The third-order valence-corrected chi connectivity index (χ3v) is 8.09. The second-order valence-electron chi connectivity index (χ2n) is 9.74. The minimum atomic E-state index is -0.632. The number of rotatable bonds is 7. The first-order chi connectivity index (χ1) is 18.4. The summed E-state index contributed by atoms with van der Waals surface area (Å²) in [5.74, 6) is 0.383. The molecule has 0 bridgehead atoms. The molecule has 2 aliphatic heterocycles. The maximum absolute atomic E-state index is 13.7. The van der Waals surface area contributed by atoms with E-state index in [1.54, 1.807) is 17.0 Å². The molecule has 2 aliphatic rings. The Hall–Kier alpha value is -2.65. The number of quaternary nitrogens is 1. The van der Waals surface area contributed by atoms with Gasteiger partial charge in [0.05, 0.1) is 41.3 Å². The molecular weight excluding hydrogens is 525 g/mol. The van der Waals surface area contributed by atoms with E-state index in [9.17, 15) is 10.0 Å². The molecule has 5 rings (SSSR count). The standard InChI is InChI=1S/C29H31Cl2N3O4/c1-32(29(35)17-26-23-15-24(30)25(31)16-28(23)38-19-34(26)36)27(18-33-11-13-37-14-12-33)22-9-7-21(8-10-22)20-5-3-2-4-6-20/h2-10,15-16,26-27,34H,11-14,17-19H2,1H3. The van der Waals surface area contributed by atoms with Crippen molar-refractivity contribution in [2.24, 2.45) is 0 Å². The predicted octanol–water partition coefficient (Wildman–Crippen LogP) is 4.36. The van der Waals surface area contributed by atoms with Crippen molar-refractivity contribution in [3.63, 3.8) is 0 Å². The van der Waals surface area contributed by atoms with Crippen molar-refractivity contribution < 1.29 is 19.3 Å². The Morgan fingerprint density at radius 1 is 1.05 bits per heavy atom. The van der Waals surface area contributed by atoms with Crippen LogP contribution in [0.1, 0.15) is 29.6 Å². The Balaban J connectivity index is 1.39. The first-order valence-electron chi connectivity index (χ1n) is 12.8. The second-order valence-corrected chi connectivity index (χ2v) is 10.6. The number of morpholine rings is 1. The average molecular weight is 556 g/mol. The van der Waals surface area contributed by atoms with Gasteiger partial charge in [-0.05, 0) is 22.8 Å². The van der Waals surface area contributed by atoms with E-state index in [1.807, 2.05) is 25.2 Å². The number of fused-ring (bicyclic) bond motifs is 1. The number of likely N-dealkylation sites (N-methyl/N-ethyl adjacent to an activating group) is 1. The van der Waals surface area contributed by atoms with Crippen LogP contribution in [0.25, 0.3) is 11.1 Å². The summed E-state index contributed by atoms with van der Waals surface area (Å²) in [4.78, 5) is 17.8. The first-order valence-corrected chi connectivity index (χ1v) is 13.5. The summed E-state index contributed by atoms with van der Waals surface area (Å²) in [5, 5.41) is 13.4. The molecule has 200 valence electrons. The largest absolute Gasteiger partial charge is 0.631 e. The monoisotopic (exact) mass is 555 g/mol. The highest BCUT2D eigenvalue weighted by Crippen LogP contribution is 2.36. The van der Waals surface area contributed by atoms with Gasteiger partial charge in [0.25, 0.3) is 0 Å². The topological polar surface area (TPSA) is 69.5 Å². The number of ether oxygens (including phenoxy) is 2. The van der Waals surface area contributed by atoms with Gasteiger partial charge in [-0.1, -0.05) is 77.8 Å². The van der Waals surface area contributed by atoms with E-state index in [1.165, 1.54) is 0 Å². The fourth-order valence-electron chi connectivity index (χ4n) is 5.09. The van der Waals surface area contributed by atoms with Crippen LogP contribution in [0.2, 0.25) is 10.0 Å². The number of benzene rings is 3. The van der Waals surface area contributed by atoms with Gasteiger partial charge < -0.3 is 24.6 Å². The number of halogens is 2.